The van der Waals surface area contributed by atoms with E-state index < -0.39 is 0 Å². The molecule has 1 aromatic carbocycles. The van der Waals surface area contributed by atoms with Gasteiger partial charge in [-0.05, 0) is 32.4 Å². The van der Waals surface area contributed by atoms with Crippen LogP contribution in [0.5, 0.6) is 0 Å². The maximum Gasteiger partial charge on any atom is 0.130 e. The molecular formula is C14H14FNOS. The summed E-state index contributed by atoms with van der Waals surface area (Å²) in [6.45, 7) is 3.51. The summed E-state index contributed by atoms with van der Waals surface area (Å²) in [4.78, 5) is 16.5. The number of carbonyl (C=O) groups excluding carboxylic acids is 1. The first kappa shape index (κ1) is 12.9. The number of Topliss-reactive ketones (excluding diaryl/α,β-unsaturated/α-hetero) is 1. The molecule has 1 aromatic heterocycles. The maximum atomic E-state index is 13.1. The summed E-state index contributed by atoms with van der Waals surface area (Å²) in [7, 11) is 0. The van der Waals surface area contributed by atoms with Gasteiger partial charge in [0.25, 0.3) is 0 Å². The predicted molar refractivity (Wildman–Crippen MR) is 71.2 cm³/mol. The topological polar surface area (TPSA) is 30.0 Å². The Labute approximate surface area is 110 Å². The number of rotatable bonds is 4. The first-order chi connectivity index (χ1) is 8.56. The normalized spacial score (nSPS) is 10.6. The Hall–Kier alpha value is -1.55. The van der Waals surface area contributed by atoms with Crippen LogP contribution in [0.3, 0.4) is 0 Å². The molecule has 1 heterocycles. The first-order valence-corrected chi connectivity index (χ1v) is 6.59. The lowest BCUT2D eigenvalue weighted by Gasteiger charge is -1.95. The molecule has 0 unspecified atom stereocenters. The Kier molecular flexibility index (Phi) is 3.87. The first-order valence-electron chi connectivity index (χ1n) is 5.78. The lowest BCUT2D eigenvalue weighted by atomic mass is 10.2. The quantitative estimate of drug-likeness (QED) is 0.840. The van der Waals surface area contributed by atoms with Crippen molar-refractivity contribution in [3.8, 4) is 10.6 Å². The van der Waals surface area contributed by atoms with Gasteiger partial charge in [-0.25, -0.2) is 9.37 Å². The van der Waals surface area contributed by atoms with Gasteiger partial charge in [0.2, 0.25) is 0 Å². The molecule has 2 rings (SSSR count). The van der Waals surface area contributed by atoms with Crippen molar-refractivity contribution in [2.24, 2.45) is 0 Å². The molecule has 0 fully saturated rings. The fourth-order valence-electron chi connectivity index (χ4n) is 1.69. The van der Waals surface area contributed by atoms with Gasteiger partial charge < -0.3 is 4.79 Å². The second-order valence-electron chi connectivity index (χ2n) is 4.24. The molecule has 0 aliphatic carbocycles. The van der Waals surface area contributed by atoms with E-state index in [9.17, 15) is 9.18 Å². The van der Waals surface area contributed by atoms with Crippen LogP contribution in [0, 0.1) is 12.7 Å². The molecule has 0 amide bonds. The largest absolute Gasteiger partial charge is 0.300 e. The monoisotopic (exact) mass is 263 g/mol. The van der Waals surface area contributed by atoms with Crippen LogP contribution in [0.25, 0.3) is 10.6 Å². The van der Waals surface area contributed by atoms with Crippen LogP contribution >= 0.6 is 11.3 Å². The number of nitrogens with zero attached hydrogens (tertiary/aromatic N) is 1. The molecule has 2 aromatic rings. The van der Waals surface area contributed by atoms with Crippen molar-refractivity contribution in [2.45, 2.75) is 26.7 Å². The van der Waals surface area contributed by atoms with E-state index in [0.717, 1.165) is 21.1 Å². The Morgan fingerprint density at radius 3 is 2.89 bits per heavy atom. The highest BCUT2D eigenvalue weighted by Crippen LogP contribution is 2.29. The number of ketones is 1. The van der Waals surface area contributed by atoms with Crippen LogP contribution in [0.15, 0.2) is 24.3 Å². The van der Waals surface area contributed by atoms with Gasteiger partial charge in [-0.15, -0.1) is 11.3 Å². The zero-order chi connectivity index (χ0) is 13.1. The highest BCUT2D eigenvalue weighted by Gasteiger charge is 2.10. The van der Waals surface area contributed by atoms with Crippen LogP contribution < -0.4 is 0 Å². The summed E-state index contributed by atoms with van der Waals surface area (Å²) in [5.41, 5.74) is 1.72. The highest BCUT2D eigenvalue weighted by molar-refractivity contribution is 7.15. The van der Waals surface area contributed by atoms with Crippen molar-refractivity contribution in [3.05, 3.63) is 40.7 Å². The Morgan fingerprint density at radius 2 is 2.22 bits per heavy atom. The fraction of sp³-hybridized carbons (Fsp3) is 0.286. The molecule has 94 valence electrons. The molecule has 18 heavy (non-hydrogen) atoms. The van der Waals surface area contributed by atoms with Crippen molar-refractivity contribution in [2.75, 3.05) is 0 Å². The van der Waals surface area contributed by atoms with Crippen LogP contribution in [0.1, 0.15) is 23.9 Å². The Morgan fingerprint density at radius 1 is 1.44 bits per heavy atom. The molecule has 0 saturated heterocycles. The van der Waals surface area contributed by atoms with Crippen molar-refractivity contribution in [1.29, 1.82) is 0 Å². The summed E-state index contributed by atoms with van der Waals surface area (Å²) in [5, 5.41) is 0.811. The van der Waals surface area contributed by atoms with Gasteiger partial charge in [-0.3, -0.25) is 0 Å². The van der Waals surface area contributed by atoms with Gasteiger partial charge >= 0.3 is 0 Å². The van der Waals surface area contributed by atoms with Gasteiger partial charge in [0.05, 0.1) is 5.69 Å². The zero-order valence-corrected chi connectivity index (χ0v) is 11.2. The smallest absolute Gasteiger partial charge is 0.130 e. The van der Waals surface area contributed by atoms with Gasteiger partial charge in [-0.2, -0.15) is 0 Å². The fourth-order valence-corrected chi connectivity index (χ4v) is 2.75. The minimum Gasteiger partial charge on any atom is -0.300 e. The zero-order valence-electron chi connectivity index (χ0n) is 10.4. The number of carbonyl (C=O) groups is 1. The van der Waals surface area contributed by atoms with E-state index in [1.165, 1.54) is 23.5 Å². The van der Waals surface area contributed by atoms with Crippen LogP contribution in [0.2, 0.25) is 0 Å². The molecule has 0 saturated carbocycles. The number of hydrogen-bond acceptors (Lipinski definition) is 3. The molecule has 2 nitrogen and oxygen atoms in total. The molecule has 0 aliphatic heterocycles. The van der Waals surface area contributed by atoms with E-state index >= 15 is 0 Å². The number of hydrogen-bond donors (Lipinski definition) is 0. The Balaban J connectivity index is 2.25. The SMILES string of the molecule is CC(=O)CCc1sc(-c2cccc(F)c2)nc1C. The molecule has 0 radical (unpaired) electrons. The summed E-state index contributed by atoms with van der Waals surface area (Å²) >= 11 is 1.53. The molecule has 0 aliphatic rings. The van der Waals surface area contributed by atoms with E-state index in [2.05, 4.69) is 4.98 Å². The average molecular weight is 263 g/mol. The Bertz CT molecular complexity index is 577. The van der Waals surface area contributed by atoms with E-state index in [1.54, 1.807) is 13.0 Å². The maximum absolute atomic E-state index is 13.1. The summed E-state index contributed by atoms with van der Waals surface area (Å²) in [5.74, 6) is -0.0826. The molecule has 4 heteroatoms. The molecule has 0 bridgehead atoms. The standard InChI is InChI=1S/C14H14FNOS/c1-9(17)6-7-13-10(2)16-14(18-13)11-4-3-5-12(15)8-11/h3-5,8H,6-7H2,1-2H3. The number of aromatic nitrogens is 1. The second-order valence-corrected chi connectivity index (χ2v) is 5.32. The highest BCUT2D eigenvalue weighted by atomic mass is 32.1. The summed E-state index contributed by atoms with van der Waals surface area (Å²) in [6.07, 6.45) is 1.25. The number of thiazole rings is 1. The van der Waals surface area contributed by atoms with Crippen LogP contribution in [-0.2, 0) is 11.2 Å². The predicted octanol–water partition coefficient (Wildman–Crippen LogP) is 3.78. The van der Waals surface area contributed by atoms with E-state index in [0.29, 0.717) is 12.8 Å². The third-order valence-electron chi connectivity index (χ3n) is 2.67. The number of benzene rings is 1. The third-order valence-corrected chi connectivity index (χ3v) is 3.93. The lowest BCUT2D eigenvalue weighted by molar-refractivity contribution is -0.116. The van der Waals surface area contributed by atoms with Crippen molar-refractivity contribution in [3.63, 3.8) is 0 Å². The van der Waals surface area contributed by atoms with Crippen LogP contribution in [-0.4, -0.2) is 10.8 Å². The summed E-state index contributed by atoms with van der Waals surface area (Å²) < 4.78 is 13.1. The van der Waals surface area contributed by atoms with Gasteiger partial charge in [0, 0.05) is 16.9 Å². The molecule has 0 N–H and O–H groups in total. The van der Waals surface area contributed by atoms with E-state index in [4.69, 9.17) is 0 Å². The van der Waals surface area contributed by atoms with Gasteiger partial charge in [-0.1, -0.05) is 12.1 Å². The molecule has 0 spiro atoms. The van der Waals surface area contributed by atoms with E-state index in [1.807, 2.05) is 13.0 Å². The average Bonchev–Trinajstić information content (AvgIpc) is 2.68. The van der Waals surface area contributed by atoms with Crippen molar-refractivity contribution in [1.82, 2.24) is 4.98 Å². The van der Waals surface area contributed by atoms with Gasteiger partial charge in [0.1, 0.15) is 16.6 Å². The van der Waals surface area contributed by atoms with Crippen LogP contribution in [0.4, 0.5) is 4.39 Å². The minimum atomic E-state index is -0.259. The van der Waals surface area contributed by atoms with Crippen molar-refractivity contribution >= 4 is 17.1 Å². The lowest BCUT2D eigenvalue weighted by Crippen LogP contribution is -1.93. The second kappa shape index (κ2) is 5.40. The number of halogens is 1. The third kappa shape index (κ3) is 3.01. The van der Waals surface area contributed by atoms with Crippen molar-refractivity contribution < 1.29 is 9.18 Å². The van der Waals surface area contributed by atoms with E-state index in [-0.39, 0.29) is 11.6 Å². The summed E-state index contributed by atoms with van der Waals surface area (Å²) in [6, 6.07) is 6.42. The molecule has 0 atom stereocenters. The minimum absolute atomic E-state index is 0.176. The molecular weight excluding hydrogens is 249 g/mol. The van der Waals surface area contributed by atoms with Gasteiger partial charge in [0.15, 0.2) is 0 Å². The number of aryl methyl sites for hydroxylation is 2.